The van der Waals surface area contributed by atoms with Crippen molar-refractivity contribution in [1.29, 1.82) is 0 Å². The standard InChI is InChI=1S/C28H29BrN4O/c1-19-8-5-13-24(20(19)2)31-28(34)21-9-7-15-32(17-21)18-27-30-25-12-3-4-14-26(25)33(27)23-11-6-10-22(29)16-23/h3-6,8,10-14,16,21H,7,9,15,17-18H2,1-2H3,(H,31,34)/t21-/m1/s1. The van der Waals surface area contributed by atoms with Gasteiger partial charge in [0.05, 0.1) is 23.5 Å². The molecule has 6 heteroatoms. The first kappa shape index (κ1) is 22.8. The number of likely N-dealkylation sites (tertiary alicyclic amines) is 1. The number of aromatic nitrogens is 2. The summed E-state index contributed by atoms with van der Waals surface area (Å²) in [7, 11) is 0. The highest BCUT2D eigenvalue weighted by Gasteiger charge is 2.27. The summed E-state index contributed by atoms with van der Waals surface area (Å²) in [6, 6.07) is 22.6. The molecule has 1 aliphatic heterocycles. The fourth-order valence-electron chi connectivity index (χ4n) is 4.82. The molecule has 4 aromatic rings. The summed E-state index contributed by atoms with van der Waals surface area (Å²) < 4.78 is 3.27. The zero-order valence-corrected chi connectivity index (χ0v) is 21.2. The average molecular weight is 517 g/mol. The van der Waals surface area contributed by atoms with Crippen LogP contribution in [0.15, 0.2) is 71.2 Å². The highest BCUT2D eigenvalue weighted by Crippen LogP contribution is 2.27. The molecule has 0 aliphatic carbocycles. The van der Waals surface area contributed by atoms with Crippen molar-refractivity contribution >= 4 is 38.6 Å². The van der Waals surface area contributed by atoms with Gasteiger partial charge in [0.25, 0.3) is 0 Å². The number of para-hydroxylation sites is 2. The molecule has 174 valence electrons. The van der Waals surface area contributed by atoms with Gasteiger partial charge >= 0.3 is 0 Å². The van der Waals surface area contributed by atoms with Gasteiger partial charge in [0.1, 0.15) is 5.82 Å². The van der Waals surface area contributed by atoms with E-state index in [9.17, 15) is 4.79 Å². The molecule has 0 spiro atoms. The number of nitrogens with zero attached hydrogens (tertiary/aromatic N) is 3. The Labute approximate surface area is 208 Å². The molecule has 34 heavy (non-hydrogen) atoms. The number of rotatable bonds is 5. The summed E-state index contributed by atoms with van der Waals surface area (Å²) in [6.07, 6.45) is 1.91. The highest BCUT2D eigenvalue weighted by atomic mass is 79.9. The monoisotopic (exact) mass is 516 g/mol. The number of piperidine rings is 1. The van der Waals surface area contributed by atoms with Gasteiger partial charge in [-0.05, 0) is 80.8 Å². The quantitative estimate of drug-likeness (QED) is 0.340. The number of hydrogen-bond acceptors (Lipinski definition) is 3. The first-order chi connectivity index (χ1) is 16.5. The van der Waals surface area contributed by atoms with Crippen molar-refractivity contribution in [2.24, 2.45) is 5.92 Å². The Kier molecular flexibility index (Phi) is 6.53. The van der Waals surface area contributed by atoms with Crippen LogP contribution in [0.4, 0.5) is 5.69 Å². The molecule has 0 saturated carbocycles. The zero-order valence-electron chi connectivity index (χ0n) is 19.6. The summed E-state index contributed by atoms with van der Waals surface area (Å²) in [6.45, 7) is 6.54. The number of imidazole rings is 1. The molecule has 1 N–H and O–H groups in total. The topological polar surface area (TPSA) is 50.2 Å². The van der Waals surface area contributed by atoms with E-state index >= 15 is 0 Å². The van der Waals surface area contributed by atoms with Crippen molar-refractivity contribution in [2.45, 2.75) is 33.2 Å². The lowest BCUT2D eigenvalue weighted by molar-refractivity contribution is -0.121. The molecule has 0 bridgehead atoms. The molecule has 1 aromatic heterocycles. The van der Waals surface area contributed by atoms with Gasteiger partial charge in [-0.25, -0.2) is 4.98 Å². The predicted molar refractivity (Wildman–Crippen MR) is 141 cm³/mol. The van der Waals surface area contributed by atoms with Crippen LogP contribution in [0.5, 0.6) is 0 Å². The summed E-state index contributed by atoms with van der Waals surface area (Å²) in [5.41, 5.74) is 6.40. The maximum Gasteiger partial charge on any atom is 0.228 e. The second kappa shape index (κ2) is 9.72. The van der Waals surface area contributed by atoms with E-state index in [2.05, 4.69) is 81.0 Å². The van der Waals surface area contributed by atoms with Crippen molar-refractivity contribution in [2.75, 3.05) is 18.4 Å². The number of amides is 1. The molecule has 0 radical (unpaired) electrons. The van der Waals surface area contributed by atoms with E-state index in [0.717, 1.165) is 64.2 Å². The van der Waals surface area contributed by atoms with Crippen molar-refractivity contribution in [3.63, 3.8) is 0 Å². The number of anilines is 1. The van der Waals surface area contributed by atoms with E-state index in [4.69, 9.17) is 4.98 Å². The minimum atomic E-state index is -0.0302. The molecular formula is C28H29BrN4O. The van der Waals surface area contributed by atoms with Gasteiger partial charge in [0.2, 0.25) is 5.91 Å². The van der Waals surface area contributed by atoms with Gasteiger partial charge in [0.15, 0.2) is 0 Å². The lowest BCUT2D eigenvalue weighted by atomic mass is 9.96. The third kappa shape index (κ3) is 4.65. The van der Waals surface area contributed by atoms with Crippen LogP contribution in [0.1, 0.15) is 29.8 Å². The van der Waals surface area contributed by atoms with Crippen LogP contribution in [0, 0.1) is 19.8 Å². The number of halogens is 1. The second-order valence-electron chi connectivity index (χ2n) is 9.14. The van der Waals surface area contributed by atoms with E-state index in [-0.39, 0.29) is 11.8 Å². The van der Waals surface area contributed by atoms with Crippen LogP contribution >= 0.6 is 15.9 Å². The molecule has 1 amide bonds. The lowest BCUT2D eigenvalue weighted by Gasteiger charge is -2.32. The first-order valence-corrected chi connectivity index (χ1v) is 12.6. The highest BCUT2D eigenvalue weighted by molar-refractivity contribution is 9.10. The Morgan fingerprint density at radius 1 is 1.09 bits per heavy atom. The molecule has 2 heterocycles. The Balaban J connectivity index is 1.37. The SMILES string of the molecule is Cc1cccc(NC(=O)[C@@H]2CCCN(Cc3nc4ccccc4n3-c3cccc(Br)c3)C2)c1C. The van der Waals surface area contributed by atoms with E-state index in [1.807, 2.05) is 30.3 Å². The molecule has 0 unspecified atom stereocenters. The molecule has 1 aliphatic rings. The van der Waals surface area contributed by atoms with Gasteiger partial charge in [-0.2, -0.15) is 0 Å². The Morgan fingerprint density at radius 2 is 1.91 bits per heavy atom. The lowest BCUT2D eigenvalue weighted by Crippen LogP contribution is -2.40. The second-order valence-corrected chi connectivity index (χ2v) is 10.1. The van der Waals surface area contributed by atoms with Gasteiger partial charge in [-0.1, -0.05) is 46.3 Å². The molecule has 3 aromatic carbocycles. The van der Waals surface area contributed by atoms with Crippen LogP contribution in [0.2, 0.25) is 0 Å². The summed E-state index contributed by atoms with van der Waals surface area (Å²) >= 11 is 3.61. The smallest absolute Gasteiger partial charge is 0.228 e. The van der Waals surface area contributed by atoms with Crippen LogP contribution in [-0.2, 0) is 11.3 Å². The number of benzene rings is 3. The molecule has 1 fully saturated rings. The summed E-state index contributed by atoms with van der Waals surface area (Å²) in [4.78, 5) is 20.5. The van der Waals surface area contributed by atoms with E-state index in [1.54, 1.807) is 0 Å². The van der Waals surface area contributed by atoms with Gasteiger partial charge < -0.3 is 5.32 Å². The van der Waals surface area contributed by atoms with Crippen LogP contribution in [0.3, 0.4) is 0 Å². The number of carbonyl (C=O) groups excluding carboxylic acids is 1. The third-order valence-corrected chi connectivity index (χ3v) is 7.29. The maximum absolute atomic E-state index is 13.1. The van der Waals surface area contributed by atoms with Gasteiger partial charge in [-0.3, -0.25) is 14.3 Å². The Morgan fingerprint density at radius 3 is 2.76 bits per heavy atom. The van der Waals surface area contributed by atoms with E-state index < -0.39 is 0 Å². The van der Waals surface area contributed by atoms with Crippen LogP contribution in [0.25, 0.3) is 16.7 Å². The van der Waals surface area contributed by atoms with Crippen molar-refractivity contribution in [1.82, 2.24) is 14.5 Å². The minimum absolute atomic E-state index is 0.0302. The van der Waals surface area contributed by atoms with Crippen molar-refractivity contribution in [3.8, 4) is 5.69 Å². The predicted octanol–water partition coefficient (Wildman–Crippen LogP) is 6.26. The normalized spacial score (nSPS) is 16.6. The minimum Gasteiger partial charge on any atom is -0.326 e. The summed E-state index contributed by atoms with van der Waals surface area (Å²) in [5, 5.41) is 3.18. The number of fused-ring (bicyclic) bond motifs is 1. The maximum atomic E-state index is 13.1. The number of nitrogens with one attached hydrogen (secondary N) is 1. The van der Waals surface area contributed by atoms with E-state index in [1.165, 1.54) is 5.56 Å². The zero-order chi connectivity index (χ0) is 23.7. The summed E-state index contributed by atoms with van der Waals surface area (Å²) in [5.74, 6) is 1.08. The van der Waals surface area contributed by atoms with Crippen molar-refractivity contribution in [3.05, 3.63) is 88.2 Å². The fraction of sp³-hybridized carbons (Fsp3) is 0.286. The van der Waals surface area contributed by atoms with Gasteiger partial charge in [0, 0.05) is 22.4 Å². The number of hydrogen-bond donors (Lipinski definition) is 1. The first-order valence-electron chi connectivity index (χ1n) is 11.8. The van der Waals surface area contributed by atoms with Gasteiger partial charge in [-0.15, -0.1) is 0 Å². The van der Waals surface area contributed by atoms with Crippen LogP contribution in [-0.4, -0.2) is 33.4 Å². The third-order valence-electron chi connectivity index (χ3n) is 6.80. The Hall–Kier alpha value is -2.96. The molecule has 1 saturated heterocycles. The van der Waals surface area contributed by atoms with E-state index in [0.29, 0.717) is 6.54 Å². The molecular weight excluding hydrogens is 488 g/mol. The fourth-order valence-corrected chi connectivity index (χ4v) is 5.21. The van der Waals surface area contributed by atoms with Crippen molar-refractivity contribution < 1.29 is 4.79 Å². The number of aryl methyl sites for hydroxylation is 1. The average Bonchev–Trinajstić information content (AvgIpc) is 3.20. The largest absolute Gasteiger partial charge is 0.326 e. The molecule has 5 nitrogen and oxygen atoms in total. The number of carbonyl (C=O) groups is 1. The Bertz CT molecular complexity index is 1350. The van der Waals surface area contributed by atoms with Crippen LogP contribution < -0.4 is 5.32 Å². The molecule has 1 atom stereocenters. The molecule has 5 rings (SSSR count).